The third-order valence-corrected chi connectivity index (χ3v) is 4.47. The molecule has 7 nitrogen and oxygen atoms in total. The molecule has 0 aromatic heterocycles. The fourth-order valence-electron chi connectivity index (χ4n) is 2.74. The van der Waals surface area contributed by atoms with Crippen LogP contribution in [0.2, 0.25) is 10.0 Å². The van der Waals surface area contributed by atoms with Crippen molar-refractivity contribution in [1.29, 1.82) is 0 Å². The molecule has 2 amide bonds. The predicted molar refractivity (Wildman–Crippen MR) is 124 cm³/mol. The maximum absolute atomic E-state index is 12.5. The molecule has 0 heterocycles. The minimum atomic E-state index is -0.932. The van der Waals surface area contributed by atoms with Crippen LogP contribution in [0.25, 0.3) is 0 Å². The van der Waals surface area contributed by atoms with Crippen LogP contribution in [0.15, 0.2) is 42.5 Å². The van der Waals surface area contributed by atoms with Crippen LogP contribution >= 0.6 is 23.2 Å². The van der Waals surface area contributed by atoms with Crippen LogP contribution < -0.4 is 10.6 Å². The van der Waals surface area contributed by atoms with E-state index in [-0.39, 0.29) is 18.9 Å². The number of carbonyl (C=O) groups is 3. The molecule has 2 aromatic carbocycles. The number of rotatable bonds is 7. The number of benzene rings is 2. The van der Waals surface area contributed by atoms with Crippen molar-refractivity contribution < 1.29 is 23.9 Å². The Balaban J connectivity index is 2.08. The first-order valence-electron chi connectivity index (χ1n) is 9.99. The molecule has 0 bridgehead atoms. The molecule has 0 fully saturated rings. The van der Waals surface area contributed by atoms with Crippen LogP contribution in [0.1, 0.15) is 43.6 Å². The summed E-state index contributed by atoms with van der Waals surface area (Å²) >= 11 is 11.9. The van der Waals surface area contributed by atoms with Crippen molar-refractivity contribution in [1.82, 2.24) is 5.32 Å². The highest BCUT2D eigenvalue weighted by atomic mass is 35.5. The average Bonchev–Trinajstić information content (AvgIpc) is 2.66. The molecule has 0 saturated heterocycles. The van der Waals surface area contributed by atoms with E-state index in [0.29, 0.717) is 21.3 Å². The predicted octanol–water partition coefficient (Wildman–Crippen LogP) is 5.24. The highest BCUT2D eigenvalue weighted by molar-refractivity contribution is 6.35. The third kappa shape index (κ3) is 8.40. The van der Waals surface area contributed by atoms with E-state index in [9.17, 15) is 14.4 Å². The van der Waals surface area contributed by atoms with E-state index in [1.807, 2.05) is 0 Å². The zero-order chi connectivity index (χ0) is 23.9. The SMILES string of the molecule is CCOC(=O)C(Cc1ccc(C(=O)Nc2cc(Cl)cc(Cl)c2)cc1)NC(=O)OC(C)(C)C. The summed E-state index contributed by atoms with van der Waals surface area (Å²) in [6.07, 6.45) is -0.545. The van der Waals surface area contributed by atoms with Crippen LogP contribution in [0.4, 0.5) is 10.5 Å². The number of anilines is 1. The summed E-state index contributed by atoms with van der Waals surface area (Å²) in [5.41, 5.74) is 0.894. The Bertz CT molecular complexity index is 951. The fourth-order valence-corrected chi connectivity index (χ4v) is 3.27. The van der Waals surface area contributed by atoms with E-state index in [1.165, 1.54) is 0 Å². The van der Waals surface area contributed by atoms with Gasteiger partial charge in [0.15, 0.2) is 0 Å². The number of esters is 1. The number of hydrogen-bond donors (Lipinski definition) is 2. The summed E-state index contributed by atoms with van der Waals surface area (Å²) < 4.78 is 10.3. The number of carbonyl (C=O) groups excluding carboxylic acids is 3. The molecule has 2 N–H and O–H groups in total. The Hall–Kier alpha value is -2.77. The summed E-state index contributed by atoms with van der Waals surface area (Å²) in [6, 6.07) is 10.4. The van der Waals surface area contributed by atoms with Gasteiger partial charge in [-0.1, -0.05) is 35.3 Å². The largest absolute Gasteiger partial charge is 0.464 e. The Kier molecular flexibility index (Phi) is 8.92. The van der Waals surface area contributed by atoms with Crippen molar-refractivity contribution in [2.75, 3.05) is 11.9 Å². The van der Waals surface area contributed by atoms with Crippen molar-refractivity contribution in [3.05, 3.63) is 63.6 Å². The second-order valence-corrected chi connectivity index (χ2v) is 8.84. The number of hydrogen-bond acceptors (Lipinski definition) is 5. The lowest BCUT2D eigenvalue weighted by Gasteiger charge is -2.23. The van der Waals surface area contributed by atoms with Gasteiger partial charge in [-0.25, -0.2) is 9.59 Å². The van der Waals surface area contributed by atoms with Crippen LogP contribution in [-0.2, 0) is 20.7 Å². The smallest absolute Gasteiger partial charge is 0.408 e. The Morgan fingerprint density at radius 3 is 2.12 bits per heavy atom. The maximum Gasteiger partial charge on any atom is 0.408 e. The third-order valence-electron chi connectivity index (χ3n) is 4.04. The van der Waals surface area contributed by atoms with Crippen molar-refractivity contribution >= 4 is 46.9 Å². The maximum atomic E-state index is 12.5. The highest BCUT2D eigenvalue weighted by Gasteiger charge is 2.25. The van der Waals surface area contributed by atoms with E-state index in [2.05, 4.69) is 10.6 Å². The van der Waals surface area contributed by atoms with Gasteiger partial charge in [-0.15, -0.1) is 0 Å². The monoisotopic (exact) mass is 480 g/mol. The van der Waals surface area contributed by atoms with Crippen LogP contribution in [0.3, 0.4) is 0 Å². The molecule has 0 aliphatic rings. The Morgan fingerprint density at radius 2 is 1.59 bits per heavy atom. The van der Waals surface area contributed by atoms with Crippen molar-refractivity contribution in [2.45, 2.75) is 45.8 Å². The topological polar surface area (TPSA) is 93.7 Å². The van der Waals surface area contributed by atoms with Gasteiger partial charge < -0.3 is 20.1 Å². The van der Waals surface area contributed by atoms with Gasteiger partial charge >= 0.3 is 12.1 Å². The highest BCUT2D eigenvalue weighted by Crippen LogP contribution is 2.23. The summed E-state index contributed by atoms with van der Waals surface area (Å²) in [5.74, 6) is -0.915. The molecule has 0 radical (unpaired) electrons. The lowest BCUT2D eigenvalue weighted by atomic mass is 10.0. The summed E-state index contributed by atoms with van der Waals surface area (Å²) in [5, 5.41) is 6.09. The van der Waals surface area contributed by atoms with Crippen LogP contribution in [-0.4, -0.2) is 36.2 Å². The minimum Gasteiger partial charge on any atom is -0.464 e. The van der Waals surface area contributed by atoms with Gasteiger partial charge in [0.2, 0.25) is 0 Å². The second kappa shape index (κ2) is 11.2. The minimum absolute atomic E-state index is 0.171. The molecule has 1 unspecified atom stereocenters. The van der Waals surface area contributed by atoms with Crippen molar-refractivity contribution in [3.8, 4) is 0 Å². The lowest BCUT2D eigenvalue weighted by molar-refractivity contribution is -0.145. The molecule has 32 heavy (non-hydrogen) atoms. The molecular weight excluding hydrogens is 455 g/mol. The molecule has 0 aliphatic heterocycles. The van der Waals surface area contributed by atoms with Gasteiger partial charge in [0.1, 0.15) is 11.6 Å². The number of halogens is 2. The molecule has 1 atom stereocenters. The number of nitrogens with one attached hydrogen (secondary N) is 2. The molecule has 9 heteroatoms. The molecule has 0 saturated carbocycles. The number of ether oxygens (including phenoxy) is 2. The number of amides is 2. The molecule has 172 valence electrons. The Labute approximate surface area is 197 Å². The zero-order valence-corrected chi connectivity index (χ0v) is 19.8. The molecule has 0 aliphatic carbocycles. The van der Waals surface area contributed by atoms with Gasteiger partial charge in [0.05, 0.1) is 6.61 Å². The van der Waals surface area contributed by atoms with Gasteiger partial charge in [0.25, 0.3) is 5.91 Å². The summed E-state index contributed by atoms with van der Waals surface area (Å²) in [7, 11) is 0. The average molecular weight is 481 g/mol. The van der Waals surface area contributed by atoms with E-state index in [1.54, 1.807) is 70.2 Å². The first-order valence-corrected chi connectivity index (χ1v) is 10.7. The Morgan fingerprint density at radius 1 is 1.00 bits per heavy atom. The quantitative estimate of drug-likeness (QED) is 0.528. The molecular formula is C23H26Cl2N2O5. The van der Waals surface area contributed by atoms with E-state index < -0.39 is 23.7 Å². The first kappa shape index (κ1) is 25.5. The standard InChI is InChI=1S/C23H26Cl2N2O5/c1-5-31-21(29)19(27-22(30)32-23(2,3)4)10-14-6-8-15(9-7-14)20(28)26-18-12-16(24)11-17(25)13-18/h6-9,11-13,19H,5,10H2,1-4H3,(H,26,28)(H,27,30). The van der Waals surface area contributed by atoms with E-state index >= 15 is 0 Å². The molecule has 2 aromatic rings. The second-order valence-electron chi connectivity index (χ2n) is 7.96. The summed E-state index contributed by atoms with van der Waals surface area (Å²) in [6.45, 7) is 7.05. The van der Waals surface area contributed by atoms with Crippen LogP contribution in [0.5, 0.6) is 0 Å². The van der Waals surface area contributed by atoms with Gasteiger partial charge in [-0.2, -0.15) is 0 Å². The normalized spacial score (nSPS) is 11.9. The van der Waals surface area contributed by atoms with Gasteiger partial charge in [-0.3, -0.25) is 4.79 Å². The van der Waals surface area contributed by atoms with Gasteiger partial charge in [-0.05, 0) is 63.6 Å². The summed E-state index contributed by atoms with van der Waals surface area (Å²) in [4.78, 5) is 36.9. The fraction of sp³-hybridized carbons (Fsp3) is 0.348. The molecule has 0 spiro atoms. The zero-order valence-electron chi connectivity index (χ0n) is 18.3. The lowest BCUT2D eigenvalue weighted by Crippen LogP contribution is -2.45. The first-order chi connectivity index (χ1) is 15.0. The van der Waals surface area contributed by atoms with Crippen LogP contribution in [0, 0.1) is 0 Å². The van der Waals surface area contributed by atoms with E-state index in [0.717, 1.165) is 5.56 Å². The van der Waals surface area contributed by atoms with Gasteiger partial charge in [0, 0.05) is 27.7 Å². The molecule has 2 rings (SSSR count). The van der Waals surface area contributed by atoms with Crippen molar-refractivity contribution in [2.24, 2.45) is 0 Å². The van der Waals surface area contributed by atoms with Crippen molar-refractivity contribution in [3.63, 3.8) is 0 Å². The number of alkyl carbamates (subject to hydrolysis) is 1. The van der Waals surface area contributed by atoms with E-state index in [4.69, 9.17) is 32.7 Å².